The van der Waals surface area contributed by atoms with Crippen LogP contribution in [-0.2, 0) is 16.2 Å². The molecular formula is C23H18Cl3N3O4. The van der Waals surface area contributed by atoms with Gasteiger partial charge in [0.2, 0.25) is 0 Å². The van der Waals surface area contributed by atoms with Crippen molar-refractivity contribution in [2.45, 2.75) is 6.61 Å². The molecule has 7 nitrogen and oxygen atoms in total. The molecule has 170 valence electrons. The lowest BCUT2D eigenvalue weighted by Crippen LogP contribution is -2.32. The lowest BCUT2D eigenvalue weighted by molar-refractivity contribution is -0.136. The van der Waals surface area contributed by atoms with Crippen LogP contribution in [0.3, 0.4) is 0 Å². The summed E-state index contributed by atoms with van der Waals surface area (Å²) >= 11 is 18.0. The number of methoxy groups -OCH3 is 1. The first kappa shape index (κ1) is 24.4. The lowest BCUT2D eigenvalue weighted by atomic mass is 10.2. The third kappa shape index (κ3) is 6.86. The van der Waals surface area contributed by atoms with E-state index in [2.05, 4.69) is 15.8 Å². The van der Waals surface area contributed by atoms with Crippen molar-refractivity contribution in [3.8, 4) is 11.5 Å². The van der Waals surface area contributed by atoms with Crippen molar-refractivity contribution in [1.29, 1.82) is 0 Å². The number of halogens is 3. The van der Waals surface area contributed by atoms with Crippen LogP contribution in [0.4, 0.5) is 5.69 Å². The fraction of sp³-hybridized carbons (Fsp3) is 0.0870. The van der Waals surface area contributed by atoms with E-state index in [4.69, 9.17) is 44.3 Å². The van der Waals surface area contributed by atoms with E-state index in [0.29, 0.717) is 37.8 Å². The van der Waals surface area contributed by atoms with Gasteiger partial charge in [0.25, 0.3) is 0 Å². The van der Waals surface area contributed by atoms with E-state index < -0.39 is 11.8 Å². The number of rotatable bonds is 7. The Kier molecular flexibility index (Phi) is 8.54. The van der Waals surface area contributed by atoms with Gasteiger partial charge in [0.15, 0.2) is 0 Å². The molecule has 0 aliphatic heterocycles. The molecule has 0 bridgehead atoms. The minimum Gasteiger partial charge on any atom is -0.495 e. The number of nitrogens with one attached hydrogen (secondary N) is 2. The standard InChI is InChI=1S/C23H18Cl3N3O4/c1-32-21-5-3-2-4-19(21)28-22(30)23(31)29-27-12-15-11-16(24)7-9-20(15)33-13-14-6-8-17(25)18(26)10-14/h2-12H,13H2,1H3,(H,28,30)(H,29,31)/b27-12-. The Morgan fingerprint density at radius 2 is 1.73 bits per heavy atom. The van der Waals surface area contributed by atoms with E-state index in [0.717, 1.165) is 5.56 Å². The van der Waals surface area contributed by atoms with Gasteiger partial charge in [-0.2, -0.15) is 5.10 Å². The average molecular weight is 507 g/mol. The lowest BCUT2D eigenvalue weighted by Gasteiger charge is -2.10. The van der Waals surface area contributed by atoms with Gasteiger partial charge in [-0.25, -0.2) is 5.43 Å². The number of benzene rings is 3. The molecule has 0 saturated heterocycles. The summed E-state index contributed by atoms with van der Waals surface area (Å²) in [7, 11) is 1.46. The number of ether oxygens (including phenoxy) is 2. The number of hydrogen-bond acceptors (Lipinski definition) is 5. The number of nitrogens with zero attached hydrogens (tertiary/aromatic N) is 1. The minimum absolute atomic E-state index is 0.215. The molecule has 0 spiro atoms. The van der Waals surface area contributed by atoms with Gasteiger partial charge in [0.1, 0.15) is 18.1 Å². The summed E-state index contributed by atoms with van der Waals surface area (Å²) in [5.74, 6) is -0.983. The highest BCUT2D eigenvalue weighted by atomic mass is 35.5. The second-order valence-electron chi connectivity index (χ2n) is 6.57. The van der Waals surface area contributed by atoms with E-state index in [9.17, 15) is 9.59 Å². The molecule has 3 aromatic carbocycles. The van der Waals surface area contributed by atoms with Crippen LogP contribution >= 0.6 is 34.8 Å². The van der Waals surface area contributed by atoms with Crippen LogP contribution in [0.25, 0.3) is 0 Å². The van der Waals surface area contributed by atoms with Gasteiger partial charge < -0.3 is 14.8 Å². The fourth-order valence-corrected chi connectivity index (χ4v) is 3.18. The molecular weight excluding hydrogens is 489 g/mol. The number of para-hydroxylation sites is 2. The predicted octanol–water partition coefficient (Wildman–Crippen LogP) is 5.32. The van der Waals surface area contributed by atoms with E-state index in [1.54, 1.807) is 60.7 Å². The van der Waals surface area contributed by atoms with Crippen LogP contribution in [0, 0.1) is 0 Å². The van der Waals surface area contributed by atoms with E-state index in [-0.39, 0.29) is 6.61 Å². The van der Waals surface area contributed by atoms with Gasteiger partial charge in [-0.1, -0.05) is 53.0 Å². The molecule has 0 heterocycles. The molecule has 0 atom stereocenters. The van der Waals surface area contributed by atoms with Gasteiger partial charge in [-0.05, 0) is 48.0 Å². The number of carbonyl (C=O) groups excluding carboxylic acids is 2. The van der Waals surface area contributed by atoms with Crippen molar-refractivity contribution >= 4 is 58.5 Å². The quantitative estimate of drug-likeness (QED) is 0.258. The molecule has 0 radical (unpaired) electrons. The number of hydrogen-bond donors (Lipinski definition) is 2. The molecule has 0 saturated carbocycles. The highest BCUT2D eigenvalue weighted by Crippen LogP contribution is 2.26. The first-order valence-electron chi connectivity index (χ1n) is 9.51. The Labute approximate surface area is 205 Å². The highest BCUT2D eigenvalue weighted by molar-refractivity contribution is 6.42. The summed E-state index contributed by atoms with van der Waals surface area (Å²) in [5.41, 5.74) is 3.83. The fourth-order valence-electron chi connectivity index (χ4n) is 2.68. The van der Waals surface area contributed by atoms with Crippen LogP contribution in [0.15, 0.2) is 65.8 Å². The second-order valence-corrected chi connectivity index (χ2v) is 7.82. The Bertz CT molecular complexity index is 1200. The maximum absolute atomic E-state index is 12.1. The maximum atomic E-state index is 12.1. The first-order chi connectivity index (χ1) is 15.9. The van der Waals surface area contributed by atoms with Crippen LogP contribution in [0.5, 0.6) is 11.5 Å². The molecule has 0 aliphatic rings. The van der Waals surface area contributed by atoms with Crippen molar-refractivity contribution < 1.29 is 19.1 Å². The molecule has 3 rings (SSSR count). The highest BCUT2D eigenvalue weighted by Gasteiger charge is 2.15. The molecule has 2 N–H and O–H groups in total. The molecule has 0 fully saturated rings. The largest absolute Gasteiger partial charge is 0.495 e. The summed E-state index contributed by atoms with van der Waals surface area (Å²) < 4.78 is 11.0. The smallest absolute Gasteiger partial charge is 0.329 e. The maximum Gasteiger partial charge on any atom is 0.329 e. The third-order valence-electron chi connectivity index (χ3n) is 4.28. The van der Waals surface area contributed by atoms with Crippen molar-refractivity contribution in [3.63, 3.8) is 0 Å². The van der Waals surface area contributed by atoms with Crippen molar-refractivity contribution in [2.75, 3.05) is 12.4 Å². The summed E-state index contributed by atoms with van der Waals surface area (Å²) in [5, 5.41) is 7.61. The molecule has 0 aliphatic carbocycles. The van der Waals surface area contributed by atoms with E-state index in [1.807, 2.05) is 0 Å². The number of carbonyl (C=O) groups is 2. The van der Waals surface area contributed by atoms with Gasteiger partial charge in [-0.3, -0.25) is 9.59 Å². The Morgan fingerprint density at radius 1 is 0.939 bits per heavy atom. The Morgan fingerprint density at radius 3 is 2.48 bits per heavy atom. The van der Waals surface area contributed by atoms with Gasteiger partial charge in [0, 0.05) is 10.6 Å². The number of anilines is 1. The Balaban J connectivity index is 1.64. The molecule has 2 amide bonds. The first-order valence-corrected chi connectivity index (χ1v) is 10.6. The van der Waals surface area contributed by atoms with Crippen LogP contribution in [-0.4, -0.2) is 25.1 Å². The van der Waals surface area contributed by atoms with Crippen LogP contribution in [0.2, 0.25) is 15.1 Å². The van der Waals surface area contributed by atoms with Crippen LogP contribution < -0.4 is 20.2 Å². The van der Waals surface area contributed by atoms with Gasteiger partial charge in [0.05, 0.1) is 29.1 Å². The minimum atomic E-state index is -0.961. The van der Waals surface area contributed by atoms with Crippen molar-refractivity contribution in [2.24, 2.45) is 5.10 Å². The molecule has 3 aromatic rings. The normalized spacial score (nSPS) is 10.7. The third-order valence-corrected chi connectivity index (χ3v) is 5.26. The predicted molar refractivity (Wildman–Crippen MR) is 130 cm³/mol. The molecule has 10 heteroatoms. The van der Waals surface area contributed by atoms with Crippen molar-refractivity contribution in [3.05, 3.63) is 86.9 Å². The zero-order chi connectivity index (χ0) is 23.8. The topological polar surface area (TPSA) is 89.0 Å². The molecule has 0 unspecified atom stereocenters. The SMILES string of the molecule is COc1ccccc1NC(=O)C(=O)N/N=C\c1cc(Cl)ccc1OCc1ccc(Cl)c(Cl)c1. The average Bonchev–Trinajstić information content (AvgIpc) is 2.81. The summed E-state index contributed by atoms with van der Waals surface area (Å²) in [6.45, 7) is 0.215. The molecule has 33 heavy (non-hydrogen) atoms. The van der Waals surface area contributed by atoms with E-state index >= 15 is 0 Å². The van der Waals surface area contributed by atoms with Crippen LogP contribution in [0.1, 0.15) is 11.1 Å². The summed E-state index contributed by atoms with van der Waals surface area (Å²) in [4.78, 5) is 24.2. The summed E-state index contributed by atoms with van der Waals surface area (Å²) in [6, 6.07) is 16.8. The van der Waals surface area contributed by atoms with Crippen molar-refractivity contribution in [1.82, 2.24) is 5.43 Å². The number of amides is 2. The van der Waals surface area contributed by atoms with Gasteiger partial charge >= 0.3 is 11.8 Å². The zero-order valence-corrected chi connectivity index (χ0v) is 19.5. The van der Waals surface area contributed by atoms with Gasteiger partial charge in [-0.15, -0.1) is 0 Å². The monoisotopic (exact) mass is 505 g/mol. The summed E-state index contributed by atoms with van der Waals surface area (Å²) in [6.07, 6.45) is 1.32. The Hall–Kier alpha value is -3.26. The molecule has 0 aromatic heterocycles. The van der Waals surface area contributed by atoms with E-state index in [1.165, 1.54) is 13.3 Å². The second kappa shape index (κ2) is 11.6. The zero-order valence-electron chi connectivity index (χ0n) is 17.3. The number of hydrazone groups is 1.